The summed E-state index contributed by atoms with van der Waals surface area (Å²) >= 11 is 0. The monoisotopic (exact) mass is 597 g/mol. The lowest BCUT2D eigenvalue weighted by Gasteiger charge is -2.26. The second kappa shape index (κ2) is 18.3. The molecule has 0 aromatic heterocycles. The summed E-state index contributed by atoms with van der Waals surface area (Å²) in [6.07, 6.45) is -0.331. The number of benzene rings is 3. The molecule has 0 radical (unpaired) electrons. The van der Waals surface area contributed by atoms with Crippen LogP contribution >= 0.6 is 0 Å². The van der Waals surface area contributed by atoms with Crippen molar-refractivity contribution in [1.29, 1.82) is 0 Å². The molecule has 0 aliphatic heterocycles. The Hall–Kier alpha value is -5.23. The van der Waals surface area contributed by atoms with Crippen molar-refractivity contribution in [1.82, 2.24) is 4.90 Å². The zero-order valence-electron chi connectivity index (χ0n) is 24.5. The van der Waals surface area contributed by atoms with Crippen LogP contribution in [0.4, 0.5) is 0 Å². The number of hydrogen-bond donors (Lipinski definition) is 3. The molecule has 0 heterocycles. The standard InChI is InChI=1S/C15H21NO4.C9H8O4.C7H6O3/c1-5-16(6-2)11(3)19-15(18)13-9-7-8-10-14(13)20-12(4)17;1-6(10)13-8-5-3-2-4-7(8)9(11)12;8-6-4-2-1-3-5(6)7(9)10/h7-11H,5-6H2,1-4H3;2-5H,1H3,(H,11,12);1-4,8H,(H,9,10). The minimum atomic E-state index is -1.11. The number of carboxylic acids is 2. The van der Waals surface area contributed by atoms with E-state index in [1.165, 1.54) is 38.1 Å². The molecule has 0 bridgehead atoms. The lowest BCUT2D eigenvalue weighted by Crippen LogP contribution is -2.36. The number of carbonyl (C=O) groups is 5. The van der Waals surface area contributed by atoms with Crippen LogP contribution in [0.25, 0.3) is 0 Å². The fraction of sp³-hybridized carbons (Fsp3) is 0.258. The van der Waals surface area contributed by atoms with Crippen molar-refractivity contribution in [3.8, 4) is 17.2 Å². The fourth-order valence-electron chi connectivity index (χ4n) is 3.45. The predicted octanol–water partition coefficient (Wildman–Crippen LogP) is 4.86. The molecule has 3 rings (SSSR count). The molecule has 0 aliphatic carbocycles. The maximum atomic E-state index is 12.2. The third kappa shape index (κ3) is 12.4. The van der Waals surface area contributed by atoms with Crippen LogP contribution in [0.3, 0.4) is 0 Å². The second-order valence-electron chi connectivity index (χ2n) is 8.53. The van der Waals surface area contributed by atoms with Crippen molar-refractivity contribution < 1.29 is 53.5 Å². The van der Waals surface area contributed by atoms with Gasteiger partial charge in [0.15, 0.2) is 6.23 Å². The van der Waals surface area contributed by atoms with Gasteiger partial charge < -0.3 is 29.5 Å². The maximum absolute atomic E-state index is 12.2. The van der Waals surface area contributed by atoms with Crippen LogP contribution in [0, 0.1) is 0 Å². The molecule has 12 nitrogen and oxygen atoms in total. The minimum Gasteiger partial charge on any atom is -0.507 e. The lowest BCUT2D eigenvalue weighted by molar-refractivity contribution is -0.132. The van der Waals surface area contributed by atoms with Gasteiger partial charge in [0, 0.05) is 13.8 Å². The highest BCUT2D eigenvalue weighted by atomic mass is 16.6. The van der Waals surface area contributed by atoms with Crippen LogP contribution in [0.2, 0.25) is 0 Å². The van der Waals surface area contributed by atoms with Gasteiger partial charge in [-0.1, -0.05) is 50.2 Å². The van der Waals surface area contributed by atoms with Crippen molar-refractivity contribution >= 4 is 29.8 Å². The first-order chi connectivity index (χ1) is 20.3. The first-order valence-corrected chi connectivity index (χ1v) is 13.1. The highest BCUT2D eigenvalue weighted by Gasteiger charge is 2.20. The van der Waals surface area contributed by atoms with E-state index >= 15 is 0 Å². The highest BCUT2D eigenvalue weighted by molar-refractivity contribution is 5.93. The molecular formula is C31H35NO11. The van der Waals surface area contributed by atoms with E-state index in [4.69, 9.17) is 24.8 Å². The summed E-state index contributed by atoms with van der Waals surface area (Å²) in [5.41, 5.74) is 0.168. The number of phenols is 1. The van der Waals surface area contributed by atoms with E-state index in [-0.39, 0.29) is 40.2 Å². The molecule has 3 N–H and O–H groups in total. The molecule has 3 aromatic rings. The van der Waals surface area contributed by atoms with Crippen LogP contribution in [0.5, 0.6) is 17.2 Å². The molecule has 1 atom stereocenters. The summed E-state index contributed by atoms with van der Waals surface area (Å²) in [7, 11) is 0. The Balaban J connectivity index is 0.000000345. The zero-order chi connectivity index (χ0) is 32.5. The molecule has 43 heavy (non-hydrogen) atoms. The van der Waals surface area contributed by atoms with Crippen LogP contribution < -0.4 is 9.47 Å². The van der Waals surface area contributed by atoms with Crippen LogP contribution in [0.15, 0.2) is 72.8 Å². The third-order valence-corrected chi connectivity index (χ3v) is 5.47. The molecular weight excluding hydrogens is 562 g/mol. The number of nitrogens with zero attached hydrogens (tertiary/aromatic N) is 1. The average Bonchev–Trinajstić information content (AvgIpc) is 2.94. The number of para-hydroxylation sites is 3. The lowest BCUT2D eigenvalue weighted by atomic mass is 10.2. The van der Waals surface area contributed by atoms with E-state index in [0.29, 0.717) is 0 Å². The van der Waals surface area contributed by atoms with Crippen molar-refractivity contribution in [3.05, 3.63) is 89.5 Å². The molecule has 1 unspecified atom stereocenters. The van der Waals surface area contributed by atoms with E-state index in [1.807, 2.05) is 25.7 Å². The normalized spacial score (nSPS) is 10.6. The molecule has 3 aromatic carbocycles. The molecule has 0 aliphatic rings. The van der Waals surface area contributed by atoms with Crippen LogP contribution in [0.1, 0.15) is 65.7 Å². The number of esters is 3. The number of ether oxygens (including phenoxy) is 3. The van der Waals surface area contributed by atoms with Gasteiger partial charge in [-0.3, -0.25) is 14.5 Å². The first kappa shape index (κ1) is 35.8. The Kier molecular flexibility index (Phi) is 15.2. The Morgan fingerprint density at radius 2 is 1.07 bits per heavy atom. The van der Waals surface area contributed by atoms with Gasteiger partial charge in [-0.25, -0.2) is 14.4 Å². The maximum Gasteiger partial charge on any atom is 0.343 e. The Labute approximate surface area is 249 Å². The Morgan fingerprint density at radius 1 is 0.674 bits per heavy atom. The summed E-state index contributed by atoms with van der Waals surface area (Å²) in [6, 6.07) is 18.3. The highest BCUT2D eigenvalue weighted by Crippen LogP contribution is 2.20. The Morgan fingerprint density at radius 3 is 1.47 bits per heavy atom. The fourth-order valence-corrected chi connectivity index (χ4v) is 3.45. The Bertz CT molecular complexity index is 1400. The van der Waals surface area contributed by atoms with Crippen molar-refractivity contribution in [2.45, 2.75) is 40.8 Å². The first-order valence-electron chi connectivity index (χ1n) is 13.1. The SMILES string of the molecule is CC(=O)Oc1ccccc1C(=O)O.CCN(CC)C(C)OC(=O)c1ccccc1OC(C)=O.O=C(O)c1ccccc1O. The van der Waals surface area contributed by atoms with Gasteiger partial charge in [0.1, 0.15) is 33.9 Å². The molecule has 0 fully saturated rings. The molecule has 12 heteroatoms. The van der Waals surface area contributed by atoms with E-state index in [0.717, 1.165) is 13.1 Å². The molecule has 0 saturated carbocycles. The number of rotatable bonds is 9. The van der Waals surface area contributed by atoms with Crippen molar-refractivity contribution in [2.24, 2.45) is 0 Å². The largest absolute Gasteiger partial charge is 0.507 e. The molecule has 230 valence electrons. The van der Waals surface area contributed by atoms with Gasteiger partial charge in [-0.2, -0.15) is 0 Å². The van der Waals surface area contributed by atoms with Gasteiger partial charge in [-0.05, 0) is 56.4 Å². The van der Waals surface area contributed by atoms with E-state index in [9.17, 15) is 24.0 Å². The molecule has 0 saturated heterocycles. The number of aromatic hydroxyl groups is 1. The zero-order valence-corrected chi connectivity index (χ0v) is 24.5. The summed E-state index contributed by atoms with van der Waals surface area (Å²) in [5, 5.41) is 26.0. The third-order valence-electron chi connectivity index (χ3n) is 5.47. The number of hydrogen-bond acceptors (Lipinski definition) is 10. The summed E-state index contributed by atoms with van der Waals surface area (Å²) in [4.78, 5) is 56.6. The summed E-state index contributed by atoms with van der Waals surface area (Å²) in [5.74, 6) is -3.64. The van der Waals surface area contributed by atoms with Gasteiger partial charge in [0.25, 0.3) is 0 Å². The minimum absolute atomic E-state index is 0.0160. The van der Waals surface area contributed by atoms with Crippen molar-refractivity contribution in [2.75, 3.05) is 13.1 Å². The quantitative estimate of drug-likeness (QED) is 0.174. The summed E-state index contributed by atoms with van der Waals surface area (Å²) < 4.78 is 15.1. The van der Waals surface area contributed by atoms with E-state index in [1.54, 1.807) is 48.5 Å². The number of carbonyl (C=O) groups excluding carboxylic acids is 3. The topological polar surface area (TPSA) is 177 Å². The van der Waals surface area contributed by atoms with Gasteiger partial charge in [0.05, 0.1) is 0 Å². The summed E-state index contributed by atoms with van der Waals surface area (Å²) in [6.45, 7) is 9.91. The number of aromatic carboxylic acids is 2. The second-order valence-corrected chi connectivity index (χ2v) is 8.53. The van der Waals surface area contributed by atoms with Gasteiger partial charge in [0.2, 0.25) is 0 Å². The smallest absolute Gasteiger partial charge is 0.343 e. The number of carboxylic acid groups (broad SMARTS) is 2. The van der Waals surface area contributed by atoms with Gasteiger partial charge >= 0.3 is 29.8 Å². The van der Waals surface area contributed by atoms with E-state index < -0.39 is 29.8 Å². The average molecular weight is 598 g/mol. The van der Waals surface area contributed by atoms with Gasteiger partial charge in [-0.15, -0.1) is 0 Å². The van der Waals surface area contributed by atoms with Crippen LogP contribution in [-0.4, -0.2) is 69.4 Å². The van der Waals surface area contributed by atoms with E-state index in [2.05, 4.69) is 4.74 Å². The van der Waals surface area contributed by atoms with Crippen LogP contribution in [-0.2, 0) is 14.3 Å². The van der Waals surface area contributed by atoms with Crippen molar-refractivity contribution in [3.63, 3.8) is 0 Å². The molecule has 0 spiro atoms. The predicted molar refractivity (Wildman–Crippen MR) is 155 cm³/mol. The molecule has 0 amide bonds.